The van der Waals surface area contributed by atoms with E-state index in [1.54, 1.807) is 18.2 Å². The first-order valence-electron chi connectivity index (χ1n) is 8.52. The van der Waals surface area contributed by atoms with E-state index in [0.29, 0.717) is 12.1 Å². The summed E-state index contributed by atoms with van der Waals surface area (Å²) in [5, 5.41) is 14.3. The minimum absolute atomic E-state index is 0.223. The van der Waals surface area contributed by atoms with Crippen LogP contribution in [0.5, 0.6) is 0 Å². The van der Waals surface area contributed by atoms with E-state index in [1.165, 1.54) is 19.1 Å². The number of urea groups is 1. The largest absolute Gasteiger partial charge is 0.478 e. The van der Waals surface area contributed by atoms with E-state index in [1.807, 2.05) is 18.2 Å². The van der Waals surface area contributed by atoms with Crippen molar-refractivity contribution in [3.8, 4) is 0 Å². The van der Waals surface area contributed by atoms with Crippen LogP contribution < -0.4 is 5.32 Å². The average molecular weight is 370 g/mol. The van der Waals surface area contributed by atoms with Crippen molar-refractivity contribution < 1.29 is 24.2 Å². The van der Waals surface area contributed by atoms with Crippen LogP contribution >= 0.6 is 0 Å². The molecule has 1 saturated heterocycles. The van der Waals surface area contributed by atoms with Crippen LogP contribution in [0, 0.1) is 0 Å². The number of fused-ring (bicyclic) bond motifs is 1. The molecule has 1 aliphatic rings. The van der Waals surface area contributed by atoms with Gasteiger partial charge in [-0.25, -0.2) is 9.59 Å². The van der Waals surface area contributed by atoms with Crippen molar-refractivity contribution in [2.45, 2.75) is 12.3 Å². The Morgan fingerprint density at radius 1 is 1.33 bits per heavy atom. The predicted molar refractivity (Wildman–Crippen MR) is 102 cm³/mol. The van der Waals surface area contributed by atoms with Gasteiger partial charge in [0, 0.05) is 33.2 Å². The van der Waals surface area contributed by atoms with Crippen LogP contribution in [0.25, 0.3) is 16.8 Å². The van der Waals surface area contributed by atoms with Gasteiger partial charge < -0.3 is 19.9 Å². The Morgan fingerprint density at radius 3 is 2.70 bits per heavy atom. The molecule has 7 nitrogen and oxygen atoms in total. The Balaban J connectivity index is 2.11. The van der Waals surface area contributed by atoms with E-state index in [9.17, 15) is 14.7 Å². The van der Waals surface area contributed by atoms with Crippen LogP contribution in [0.4, 0.5) is 4.79 Å². The monoisotopic (exact) mass is 370 g/mol. The molecule has 0 radical (unpaired) electrons. The SMILES string of the molecule is C=Cc1ccc2c(C3CNC(=O)N(C(OC)OC)C3)c(C(=O)O)ccc2c1. The van der Waals surface area contributed by atoms with Crippen molar-refractivity contribution in [2.75, 3.05) is 27.3 Å². The van der Waals surface area contributed by atoms with E-state index in [-0.39, 0.29) is 24.1 Å². The molecule has 2 N–H and O–H groups in total. The summed E-state index contributed by atoms with van der Waals surface area (Å²) in [6.45, 7) is 4.39. The highest BCUT2D eigenvalue weighted by molar-refractivity contribution is 5.99. The number of ether oxygens (including phenoxy) is 2. The Bertz CT molecular complexity index is 891. The number of amides is 2. The molecule has 27 heavy (non-hydrogen) atoms. The van der Waals surface area contributed by atoms with Crippen LogP contribution in [0.1, 0.15) is 27.4 Å². The molecule has 142 valence electrons. The summed E-state index contributed by atoms with van der Waals surface area (Å²) >= 11 is 0. The maximum Gasteiger partial charge on any atom is 0.335 e. The van der Waals surface area contributed by atoms with Crippen molar-refractivity contribution >= 4 is 28.8 Å². The third kappa shape index (κ3) is 3.51. The fraction of sp³-hybridized carbons (Fsp3) is 0.300. The maximum atomic E-state index is 12.2. The fourth-order valence-electron chi connectivity index (χ4n) is 3.55. The molecule has 0 saturated carbocycles. The van der Waals surface area contributed by atoms with Crippen molar-refractivity contribution in [1.29, 1.82) is 0 Å². The molecule has 2 amide bonds. The second-order valence-electron chi connectivity index (χ2n) is 6.33. The molecule has 0 bridgehead atoms. The third-order valence-corrected chi connectivity index (χ3v) is 4.80. The zero-order valence-electron chi connectivity index (χ0n) is 15.3. The molecule has 2 aromatic carbocycles. The molecule has 3 rings (SSSR count). The maximum absolute atomic E-state index is 12.2. The Kier molecular flexibility index (Phi) is 5.43. The first kappa shape index (κ1) is 18.9. The summed E-state index contributed by atoms with van der Waals surface area (Å²) < 4.78 is 10.4. The van der Waals surface area contributed by atoms with Crippen molar-refractivity contribution in [1.82, 2.24) is 10.2 Å². The second-order valence-corrected chi connectivity index (χ2v) is 6.33. The van der Waals surface area contributed by atoms with Crippen LogP contribution in [0.2, 0.25) is 0 Å². The van der Waals surface area contributed by atoms with Crippen molar-refractivity contribution in [2.24, 2.45) is 0 Å². The number of carbonyl (C=O) groups excluding carboxylic acids is 1. The van der Waals surface area contributed by atoms with Gasteiger partial charge in [-0.1, -0.05) is 30.9 Å². The molecule has 1 unspecified atom stereocenters. The molecule has 1 atom stereocenters. The zero-order valence-corrected chi connectivity index (χ0v) is 15.3. The molecule has 1 heterocycles. The van der Waals surface area contributed by atoms with Gasteiger partial charge in [0.1, 0.15) is 0 Å². The summed E-state index contributed by atoms with van der Waals surface area (Å²) in [6.07, 6.45) is 0.901. The number of aromatic carboxylic acids is 1. The lowest BCUT2D eigenvalue weighted by molar-refractivity contribution is -0.180. The van der Waals surface area contributed by atoms with Crippen LogP contribution in [-0.2, 0) is 9.47 Å². The van der Waals surface area contributed by atoms with E-state index in [4.69, 9.17) is 9.47 Å². The molecule has 7 heteroatoms. The Hall–Kier alpha value is -2.90. The highest BCUT2D eigenvalue weighted by atomic mass is 16.7. The third-order valence-electron chi connectivity index (χ3n) is 4.80. The number of carboxylic acid groups (broad SMARTS) is 1. The number of benzene rings is 2. The first-order chi connectivity index (χ1) is 13.0. The Labute approximate surface area is 157 Å². The predicted octanol–water partition coefficient (Wildman–Crippen LogP) is 2.87. The number of rotatable bonds is 6. The molecular weight excluding hydrogens is 348 g/mol. The van der Waals surface area contributed by atoms with Gasteiger partial charge in [-0.05, 0) is 34.0 Å². The number of carboxylic acids is 1. The lowest BCUT2D eigenvalue weighted by atomic mass is 9.87. The van der Waals surface area contributed by atoms with Gasteiger partial charge in [0.2, 0.25) is 6.41 Å². The number of carbonyl (C=O) groups is 2. The molecule has 1 aliphatic heterocycles. The highest BCUT2D eigenvalue weighted by Gasteiger charge is 2.34. The van der Waals surface area contributed by atoms with Gasteiger partial charge in [-0.3, -0.25) is 4.90 Å². The lowest BCUT2D eigenvalue weighted by Gasteiger charge is -2.37. The number of nitrogens with zero attached hydrogens (tertiary/aromatic N) is 1. The molecule has 1 fully saturated rings. The lowest BCUT2D eigenvalue weighted by Crippen LogP contribution is -2.55. The fourth-order valence-corrected chi connectivity index (χ4v) is 3.55. The standard InChI is InChI=1S/C20H22N2O5/c1-4-12-5-7-15-13(9-12)6-8-16(18(23)24)17(15)14-10-21-19(25)22(11-14)20(26-2)27-3/h4-9,14,20H,1,10-11H2,2-3H3,(H,21,25)(H,23,24). The number of methoxy groups -OCH3 is 2. The van der Waals surface area contributed by atoms with Crippen LogP contribution in [0.15, 0.2) is 36.9 Å². The minimum atomic E-state index is -1.00. The zero-order chi connectivity index (χ0) is 19.6. The van der Waals surface area contributed by atoms with E-state index in [2.05, 4.69) is 11.9 Å². The van der Waals surface area contributed by atoms with Crippen molar-refractivity contribution in [3.05, 3.63) is 53.6 Å². The van der Waals surface area contributed by atoms with Gasteiger partial charge in [-0.2, -0.15) is 0 Å². The number of hydrogen-bond acceptors (Lipinski definition) is 4. The smallest absolute Gasteiger partial charge is 0.335 e. The minimum Gasteiger partial charge on any atom is -0.478 e. The summed E-state index contributed by atoms with van der Waals surface area (Å²) in [7, 11) is 2.89. The summed E-state index contributed by atoms with van der Waals surface area (Å²) in [6, 6.07) is 8.85. The topological polar surface area (TPSA) is 88.1 Å². The van der Waals surface area contributed by atoms with E-state index in [0.717, 1.165) is 16.3 Å². The second kappa shape index (κ2) is 7.77. The normalized spacial score (nSPS) is 17.2. The van der Waals surface area contributed by atoms with Gasteiger partial charge in [0.05, 0.1) is 5.56 Å². The van der Waals surface area contributed by atoms with Crippen LogP contribution in [0.3, 0.4) is 0 Å². The number of nitrogens with one attached hydrogen (secondary N) is 1. The summed E-state index contributed by atoms with van der Waals surface area (Å²) in [5.41, 5.74) is 1.86. The molecule has 0 aliphatic carbocycles. The van der Waals surface area contributed by atoms with Gasteiger partial charge >= 0.3 is 12.0 Å². The summed E-state index contributed by atoms with van der Waals surface area (Å²) in [5.74, 6) is -1.24. The van der Waals surface area contributed by atoms with Gasteiger partial charge in [0.25, 0.3) is 0 Å². The highest BCUT2D eigenvalue weighted by Crippen LogP contribution is 2.32. The Morgan fingerprint density at radius 2 is 2.07 bits per heavy atom. The van der Waals surface area contributed by atoms with Crippen molar-refractivity contribution in [3.63, 3.8) is 0 Å². The van der Waals surface area contributed by atoms with Gasteiger partial charge in [0.15, 0.2) is 0 Å². The van der Waals surface area contributed by atoms with E-state index >= 15 is 0 Å². The van der Waals surface area contributed by atoms with Gasteiger partial charge in [-0.15, -0.1) is 0 Å². The molecule has 2 aromatic rings. The molecule has 0 aromatic heterocycles. The first-order valence-corrected chi connectivity index (χ1v) is 8.52. The number of hydrogen-bond donors (Lipinski definition) is 2. The summed E-state index contributed by atoms with van der Waals surface area (Å²) in [4.78, 5) is 25.5. The quantitative estimate of drug-likeness (QED) is 0.764. The average Bonchev–Trinajstić information content (AvgIpc) is 2.68. The van der Waals surface area contributed by atoms with Crippen LogP contribution in [-0.4, -0.2) is 55.7 Å². The van der Waals surface area contributed by atoms with E-state index < -0.39 is 12.4 Å². The molecule has 0 spiro atoms. The molecular formula is C20H22N2O5.